The van der Waals surface area contributed by atoms with Crippen LogP contribution in [0.25, 0.3) is 0 Å². The van der Waals surface area contributed by atoms with Gasteiger partial charge in [0.1, 0.15) is 5.60 Å². The molecule has 2 saturated heterocycles. The van der Waals surface area contributed by atoms with Crippen LogP contribution in [-0.4, -0.2) is 81.1 Å². The van der Waals surface area contributed by atoms with Gasteiger partial charge in [-0.25, -0.2) is 4.79 Å². The molecule has 2 atom stereocenters. The summed E-state index contributed by atoms with van der Waals surface area (Å²) < 4.78 is 10.9. The number of carbonyl (C=O) groups excluding carboxylic acids is 1. The molecule has 3 N–H and O–H groups in total. The highest BCUT2D eigenvalue weighted by atomic mass is 16.6. The molecule has 0 aliphatic carbocycles. The maximum Gasteiger partial charge on any atom is 0.407 e. The van der Waals surface area contributed by atoms with Gasteiger partial charge in [0.2, 0.25) is 0 Å². The summed E-state index contributed by atoms with van der Waals surface area (Å²) in [6.07, 6.45) is 3.03. The van der Waals surface area contributed by atoms with Gasteiger partial charge in [0.15, 0.2) is 5.96 Å². The molecule has 2 aliphatic heterocycles. The van der Waals surface area contributed by atoms with E-state index in [2.05, 4.69) is 39.7 Å². The lowest BCUT2D eigenvalue weighted by molar-refractivity contribution is 0.0491. The molecule has 2 fully saturated rings. The summed E-state index contributed by atoms with van der Waals surface area (Å²) in [4.78, 5) is 19.1. The molecule has 1 amide bonds. The van der Waals surface area contributed by atoms with Crippen molar-refractivity contribution >= 4 is 12.1 Å². The Morgan fingerprint density at radius 2 is 1.93 bits per heavy atom. The Bertz CT molecular complexity index is 547. The van der Waals surface area contributed by atoms with Gasteiger partial charge in [0, 0.05) is 45.9 Å². The number of guanidine groups is 1. The van der Waals surface area contributed by atoms with Gasteiger partial charge in [0.05, 0.1) is 12.6 Å². The monoisotopic (exact) mass is 425 g/mol. The van der Waals surface area contributed by atoms with Gasteiger partial charge < -0.3 is 30.3 Å². The smallest absolute Gasteiger partial charge is 0.407 e. The van der Waals surface area contributed by atoms with E-state index in [0.29, 0.717) is 18.5 Å². The zero-order valence-corrected chi connectivity index (χ0v) is 19.8. The third-order valence-electron chi connectivity index (χ3n) is 5.69. The molecule has 2 aliphatic rings. The minimum absolute atomic E-state index is 0.0473. The van der Waals surface area contributed by atoms with Crippen LogP contribution >= 0.6 is 0 Å². The van der Waals surface area contributed by atoms with E-state index in [4.69, 9.17) is 9.47 Å². The molecule has 2 unspecified atom stereocenters. The van der Waals surface area contributed by atoms with Gasteiger partial charge in [-0.3, -0.25) is 4.99 Å². The Labute approximate surface area is 182 Å². The van der Waals surface area contributed by atoms with Crippen LogP contribution in [0.4, 0.5) is 4.79 Å². The summed E-state index contributed by atoms with van der Waals surface area (Å²) in [6.45, 7) is 15.6. The SMILES string of the molecule is CN=C(NCC(NC(=O)OC(C)(C)C)C(C)C)NC1CCN(CC2CCOC2)CC1. The average Bonchev–Trinajstić information content (AvgIpc) is 3.16. The quantitative estimate of drug-likeness (QED) is 0.428. The van der Waals surface area contributed by atoms with E-state index in [0.717, 1.165) is 51.6 Å². The molecule has 0 aromatic carbocycles. The van der Waals surface area contributed by atoms with E-state index in [1.807, 2.05) is 20.8 Å². The second-order valence-corrected chi connectivity index (χ2v) is 9.90. The van der Waals surface area contributed by atoms with Crippen LogP contribution in [0.2, 0.25) is 0 Å². The number of carbonyl (C=O) groups is 1. The molecule has 0 spiro atoms. The zero-order chi connectivity index (χ0) is 22.1. The maximum atomic E-state index is 12.1. The number of hydrogen-bond donors (Lipinski definition) is 3. The number of likely N-dealkylation sites (tertiary alicyclic amines) is 1. The van der Waals surface area contributed by atoms with Crippen LogP contribution in [0.5, 0.6) is 0 Å². The second kappa shape index (κ2) is 11.7. The number of alkyl carbamates (subject to hydrolysis) is 1. The first-order chi connectivity index (χ1) is 14.2. The van der Waals surface area contributed by atoms with Crippen LogP contribution in [0.15, 0.2) is 4.99 Å². The van der Waals surface area contributed by atoms with Crippen molar-refractivity contribution in [2.75, 3.05) is 46.4 Å². The number of nitrogens with one attached hydrogen (secondary N) is 3. The number of ether oxygens (including phenoxy) is 2. The number of nitrogens with zero attached hydrogens (tertiary/aromatic N) is 2. The molecule has 0 saturated carbocycles. The lowest BCUT2D eigenvalue weighted by atomic mass is 10.0. The Morgan fingerprint density at radius 1 is 1.23 bits per heavy atom. The fourth-order valence-electron chi connectivity index (χ4n) is 3.86. The van der Waals surface area contributed by atoms with Crippen molar-refractivity contribution in [3.63, 3.8) is 0 Å². The van der Waals surface area contributed by atoms with E-state index in [9.17, 15) is 4.79 Å². The minimum atomic E-state index is -0.504. The predicted octanol–water partition coefficient (Wildman–Crippen LogP) is 2.20. The minimum Gasteiger partial charge on any atom is -0.444 e. The Balaban J connectivity index is 1.73. The number of amides is 1. The van der Waals surface area contributed by atoms with Gasteiger partial charge in [-0.15, -0.1) is 0 Å². The first kappa shape index (κ1) is 24.7. The first-order valence-electron chi connectivity index (χ1n) is 11.4. The predicted molar refractivity (Wildman–Crippen MR) is 121 cm³/mol. The molecular weight excluding hydrogens is 382 g/mol. The lowest BCUT2D eigenvalue weighted by Gasteiger charge is -2.34. The molecule has 8 heteroatoms. The summed E-state index contributed by atoms with van der Waals surface area (Å²) in [5, 5.41) is 9.90. The standard InChI is InChI=1S/C22H43N5O3/c1-16(2)19(26-21(28)30-22(3,4)5)13-24-20(23-6)25-18-7-10-27(11-8-18)14-17-9-12-29-15-17/h16-19H,7-15H2,1-6H3,(H,26,28)(H2,23,24,25). The topological polar surface area (TPSA) is 87.2 Å². The average molecular weight is 426 g/mol. The Hall–Kier alpha value is -1.54. The van der Waals surface area contributed by atoms with Crippen molar-refractivity contribution < 1.29 is 14.3 Å². The normalized spacial score (nSPS) is 22.8. The van der Waals surface area contributed by atoms with Crippen LogP contribution in [0, 0.1) is 11.8 Å². The lowest BCUT2D eigenvalue weighted by Crippen LogP contribution is -2.53. The van der Waals surface area contributed by atoms with Crippen molar-refractivity contribution in [3.05, 3.63) is 0 Å². The molecular formula is C22H43N5O3. The molecule has 0 aromatic heterocycles. The third-order valence-corrected chi connectivity index (χ3v) is 5.69. The van der Waals surface area contributed by atoms with E-state index >= 15 is 0 Å². The highest BCUT2D eigenvalue weighted by molar-refractivity contribution is 5.80. The summed E-state index contributed by atoms with van der Waals surface area (Å²) >= 11 is 0. The number of aliphatic imine (C=N–C) groups is 1. The summed E-state index contributed by atoms with van der Waals surface area (Å²) in [5.41, 5.74) is -0.504. The molecule has 0 bridgehead atoms. The summed E-state index contributed by atoms with van der Waals surface area (Å²) in [5.74, 6) is 1.76. The van der Waals surface area contributed by atoms with E-state index < -0.39 is 5.60 Å². The van der Waals surface area contributed by atoms with Crippen LogP contribution in [-0.2, 0) is 9.47 Å². The first-order valence-corrected chi connectivity index (χ1v) is 11.4. The Kier molecular flexibility index (Phi) is 9.68. The largest absolute Gasteiger partial charge is 0.444 e. The Morgan fingerprint density at radius 3 is 2.47 bits per heavy atom. The molecule has 8 nitrogen and oxygen atoms in total. The van der Waals surface area contributed by atoms with Crippen molar-refractivity contribution in [1.82, 2.24) is 20.9 Å². The van der Waals surface area contributed by atoms with Crippen LogP contribution < -0.4 is 16.0 Å². The molecule has 0 radical (unpaired) electrons. The summed E-state index contributed by atoms with van der Waals surface area (Å²) in [6, 6.07) is 0.373. The third kappa shape index (κ3) is 9.08. The number of hydrogen-bond acceptors (Lipinski definition) is 5. The molecule has 30 heavy (non-hydrogen) atoms. The second-order valence-electron chi connectivity index (χ2n) is 9.90. The van der Waals surface area contributed by atoms with Crippen molar-refractivity contribution in [2.24, 2.45) is 16.8 Å². The number of piperidine rings is 1. The van der Waals surface area contributed by atoms with Crippen LogP contribution in [0.1, 0.15) is 53.9 Å². The van der Waals surface area contributed by atoms with E-state index in [1.54, 1.807) is 7.05 Å². The maximum absolute atomic E-state index is 12.1. The molecule has 2 rings (SSSR count). The van der Waals surface area contributed by atoms with Gasteiger partial charge in [-0.05, 0) is 51.9 Å². The highest BCUT2D eigenvalue weighted by Gasteiger charge is 2.25. The van der Waals surface area contributed by atoms with Gasteiger partial charge in [-0.1, -0.05) is 13.8 Å². The van der Waals surface area contributed by atoms with Crippen molar-refractivity contribution in [1.29, 1.82) is 0 Å². The molecule has 174 valence electrons. The van der Waals surface area contributed by atoms with E-state index in [1.165, 1.54) is 6.42 Å². The van der Waals surface area contributed by atoms with E-state index in [-0.39, 0.29) is 18.1 Å². The van der Waals surface area contributed by atoms with Gasteiger partial charge >= 0.3 is 6.09 Å². The van der Waals surface area contributed by atoms with Crippen LogP contribution in [0.3, 0.4) is 0 Å². The number of rotatable bonds is 7. The fourth-order valence-corrected chi connectivity index (χ4v) is 3.86. The summed E-state index contributed by atoms with van der Waals surface area (Å²) in [7, 11) is 1.79. The zero-order valence-electron chi connectivity index (χ0n) is 19.8. The fraction of sp³-hybridized carbons (Fsp3) is 0.909. The van der Waals surface area contributed by atoms with Crippen molar-refractivity contribution in [3.8, 4) is 0 Å². The highest BCUT2D eigenvalue weighted by Crippen LogP contribution is 2.17. The van der Waals surface area contributed by atoms with Crippen molar-refractivity contribution in [2.45, 2.75) is 71.6 Å². The molecule has 0 aromatic rings. The van der Waals surface area contributed by atoms with Gasteiger partial charge in [-0.2, -0.15) is 0 Å². The molecule has 2 heterocycles. The van der Waals surface area contributed by atoms with Gasteiger partial charge in [0.25, 0.3) is 0 Å².